The lowest BCUT2D eigenvalue weighted by molar-refractivity contribution is -0.115. The van der Waals surface area contributed by atoms with Crippen LogP contribution in [0.25, 0.3) is 0 Å². The third-order valence-electron chi connectivity index (χ3n) is 3.96. The van der Waals surface area contributed by atoms with Crippen LogP contribution in [0.5, 0.6) is 0 Å². The lowest BCUT2D eigenvalue weighted by Gasteiger charge is -2.17. The molecule has 0 saturated carbocycles. The molecule has 2 aromatic rings. The molecule has 0 atom stereocenters. The standard InChI is InChI=1S/C18H19N3O4S/c22-17(20-15-7-2-1-3-8-15)13-19-18(23)14-6-4-9-16(12-14)21-10-5-11-26(21,24)25/h1-4,6-9,12H,5,10-11,13H2,(H,19,23)(H,20,22). The van der Waals surface area contributed by atoms with Crippen molar-refractivity contribution < 1.29 is 18.0 Å². The highest BCUT2D eigenvalue weighted by molar-refractivity contribution is 7.93. The number of carbonyl (C=O) groups excluding carboxylic acids is 2. The van der Waals surface area contributed by atoms with E-state index in [4.69, 9.17) is 0 Å². The number of sulfonamides is 1. The lowest BCUT2D eigenvalue weighted by atomic mass is 10.2. The van der Waals surface area contributed by atoms with Crippen LogP contribution < -0.4 is 14.9 Å². The highest BCUT2D eigenvalue weighted by Crippen LogP contribution is 2.24. The molecule has 0 unspecified atom stereocenters. The van der Waals surface area contributed by atoms with E-state index in [9.17, 15) is 18.0 Å². The maximum Gasteiger partial charge on any atom is 0.251 e. The van der Waals surface area contributed by atoms with E-state index in [0.717, 1.165) is 0 Å². The minimum Gasteiger partial charge on any atom is -0.343 e. The predicted octanol–water partition coefficient (Wildman–Crippen LogP) is 1.59. The lowest BCUT2D eigenvalue weighted by Crippen LogP contribution is -2.33. The summed E-state index contributed by atoms with van der Waals surface area (Å²) in [6.07, 6.45) is 0.568. The first-order chi connectivity index (χ1) is 12.5. The van der Waals surface area contributed by atoms with Crippen molar-refractivity contribution in [1.29, 1.82) is 0 Å². The van der Waals surface area contributed by atoms with Gasteiger partial charge in [-0.05, 0) is 36.8 Å². The fourth-order valence-electron chi connectivity index (χ4n) is 2.72. The number of nitrogens with one attached hydrogen (secondary N) is 2. The molecule has 0 spiro atoms. The molecule has 2 aromatic carbocycles. The van der Waals surface area contributed by atoms with Crippen LogP contribution in [0.15, 0.2) is 54.6 Å². The number of amides is 2. The average Bonchev–Trinajstić information content (AvgIpc) is 3.00. The number of nitrogens with zero attached hydrogens (tertiary/aromatic N) is 1. The predicted molar refractivity (Wildman–Crippen MR) is 99.6 cm³/mol. The Labute approximate surface area is 152 Å². The molecule has 1 fully saturated rings. The summed E-state index contributed by atoms with van der Waals surface area (Å²) in [6, 6.07) is 15.3. The van der Waals surface area contributed by atoms with Crippen LogP contribution >= 0.6 is 0 Å². The Hall–Kier alpha value is -2.87. The second-order valence-electron chi connectivity index (χ2n) is 5.89. The van der Waals surface area contributed by atoms with E-state index < -0.39 is 15.9 Å². The van der Waals surface area contributed by atoms with Crippen LogP contribution in [0.2, 0.25) is 0 Å². The average molecular weight is 373 g/mol. The van der Waals surface area contributed by atoms with E-state index in [2.05, 4.69) is 10.6 Å². The number of rotatable bonds is 5. The van der Waals surface area contributed by atoms with Gasteiger partial charge < -0.3 is 10.6 Å². The number of hydrogen-bond donors (Lipinski definition) is 2. The molecular weight excluding hydrogens is 354 g/mol. The van der Waals surface area contributed by atoms with Crippen molar-refractivity contribution in [3.63, 3.8) is 0 Å². The van der Waals surface area contributed by atoms with Crippen LogP contribution in [0, 0.1) is 0 Å². The van der Waals surface area contributed by atoms with E-state index in [1.54, 1.807) is 42.5 Å². The minimum atomic E-state index is -3.31. The molecular formula is C18H19N3O4S. The second kappa shape index (κ2) is 7.57. The van der Waals surface area contributed by atoms with Crippen LogP contribution in [-0.2, 0) is 14.8 Å². The van der Waals surface area contributed by atoms with Crippen LogP contribution in [0.3, 0.4) is 0 Å². The Morgan fingerprint density at radius 1 is 1.04 bits per heavy atom. The summed E-state index contributed by atoms with van der Waals surface area (Å²) in [5.74, 6) is -0.669. The second-order valence-corrected chi connectivity index (χ2v) is 7.90. The van der Waals surface area contributed by atoms with Crippen molar-refractivity contribution in [3.05, 3.63) is 60.2 Å². The van der Waals surface area contributed by atoms with E-state index in [1.165, 1.54) is 10.4 Å². The Morgan fingerprint density at radius 2 is 1.81 bits per heavy atom. The molecule has 1 aliphatic rings. The Balaban J connectivity index is 1.61. The van der Waals surface area contributed by atoms with E-state index in [-0.39, 0.29) is 18.2 Å². The highest BCUT2D eigenvalue weighted by Gasteiger charge is 2.28. The molecule has 3 rings (SSSR count). The summed E-state index contributed by atoms with van der Waals surface area (Å²) in [4.78, 5) is 24.2. The molecule has 26 heavy (non-hydrogen) atoms. The van der Waals surface area contributed by atoms with Gasteiger partial charge in [-0.3, -0.25) is 13.9 Å². The smallest absolute Gasteiger partial charge is 0.251 e. The molecule has 8 heteroatoms. The zero-order valence-electron chi connectivity index (χ0n) is 14.0. The first-order valence-electron chi connectivity index (χ1n) is 8.19. The molecule has 0 aliphatic carbocycles. The quantitative estimate of drug-likeness (QED) is 0.832. The SMILES string of the molecule is O=C(CNC(=O)c1cccc(N2CCCS2(=O)=O)c1)Nc1ccccc1. The molecule has 2 amide bonds. The molecule has 1 heterocycles. The van der Waals surface area contributed by atoms with Crippen molar-refractivity contribution in [3.8, 4) is 0 Å². The molecule has 0 aromatic heterocycles. The summed E-state index contributed by atoms with van der Waals surface area (Å²) in [5, 5.41) is 5.21. The Morgan fingerprint density at radius 3 is 2.50 bits per heavy atom. The summed E-state index contributed by atoms with van der Waals surface area (Å²) in [5.41, 5.74) is 1.41. The van der Waals surface area contributed by atoms with Crippen LogP contribution in [0.1, 0.15) is 16.8 Å². The topological polar surface area (TPSA) is 95.6 Å². The van der Waals surface area contributed by atoms with E-state index in [1.807, 2.05) is 6.07 Å². The molecule has 0 bridgehead atoms. The van der Waals surface area contributed by atoms with Crippen molar-refractivity contribution >= 4 is 33.2 Å². The largest absolute Gasteiger partial charge is 0.343 e. The molecule has 2 N–H and O–H groups in total. The Bertz CT molecular complexity index is 913. The zero-order valence-corrected chi connectivity index (χ0v) is 14.8. The maximum absolute atomic E-state index is 12.3. The first-order valence-corrected chi connectivity index (χ1v) is 9.80. The number of anilines is 2. The van der Waals surface area contributed by atoms with Gasteiger partial charge in [0.1, 0.15) is 0 Å². The fourth-order valence-corrected chi connectivity index (χ4v) is 4.28. The molecule has 1 aliphatic heterocycles. The van der Waals surface area contributed by atoms with Gasteiger partial charge in [-0.25, -0.2) is 8.42 Å². The highest BCUT2D eigenvalue weighted by atomic mass is 32.2. The number of carbonyl (C=O) groups is 2. The van der Waals surface area contributed by atoms with E-state index >= 15 is 0 Å². The minimum absolute atomic E-state index is 0.114. The third kappa shape index (κ3) is 4.20. The Kier molecular flexibility index (Phi) is 5.22. The zero-order chi connectivity index (χ0) is 18.6. The number of para-hydroxylation sites is 1. The van der Waals surface area contributed by atoms with Crippen molar-refractivity contribution in [2.45, 2.75) is 6.42 Å². The molecule has 1 saturated heterocycles. The van der Waals surface area contributed by atoms with Gasteiger partial charge in [0.25, 0.3) is 5.91 Å². The number of hydrogen-bond acceptors (Lipinski definition) is 4. The maximum atomic E-state index is 12.3. The van der Waals surface area contributed by atoms with Crippen molar-refractivity contribution in [2.75, 3.05) is 28.5 Å². The number of benzene rings is 2. The van der Waals surface area contributed by atoms with E-state index in [0.29, 0.717) is 29.9 Å². The first kappa shape index (κ1) is 17.9. The molecule has 136 valence electrons. The summed E-state index contributed by atoms with van der Waals surface area (Å²) >= 11 is 0. The fraction of sp³-hybridized carbons (Fsp3) is 0.222. The molecule has 7 nitrogen and oxygen atoms in total. The van der Waals surface area contributed by atoms with Gasteiger partial charge in [0.15, 0.2) is 0 Å². The van der Waals surface area contributed by atoms with Crippen molar-refractivity contribution in [1.82, 2.24) is 5.32 Å². The van der Waals surface area contributed by atoms with Gasteiger partial charge in [-0.2, -0.15) is 0 Å². The van der Waals surface area contributed by atoms with Gasteiger partial charge in [-0.1, -0.05) is 24.3 Å². The summed E-state index contributed by atoms with van der Waals surface area (Å²) in [7, 11) is -3.31. The van der Waals surface area contributed by atoms with Gasteiger partial charge in [0.2, 0.25) is 15.9 Å². The van der Waals surface area contributed by atoms with Gasteiger partial charge in [0.05, 0.1) is 18.0 Å². The normalized spacial score (nSPS) is 15.5. The summed E-state index contributed by atoms with van der Waals surface area (Å²) in [6.45, 7) is 0.229. The summed E-state index contributed by atoms with van der Waals surface area (Å²) < 4.78 is 25.3. The van der Waals surface area contributed by atoms with Gasteiger partial charge in [-0.15, -0.1) is 0 Å². The van der Waals surface area contributed by atoms with Crippen LogP contribution in [0.4, 0.5) is 11.4 Å². The third-order valence-corrected chi connectivity index (χ3v) is 5.83. The molecule has 0 radical (unpaired) electrons. The van der Waals surface area contributed by atoms with Crippen molar-refractivity contribution in [2.24, 2.45) is 0 Å². The monoisotopic (exact) mass is 373 g/mol. The van der Waals surface area contributed by atoms with Gasteiger partial charge >= 0.3 is 0 Å². The van der Waals surface area contributed by atoms with Crippen LogP contribution in [-0.4, -0.2) is 39.1 Å². The van der Waals surface area contributed by atoms with Gasteiger partial charge in [0, 0.05) is 17.8 Å².